The lowest BCUT2D eigenvalue weighted by atomic mass is 10.1. The Morgan fingerprint density at radius 2 is 2.11 bits per heavy atom. The predicted molar refractivity (Wildman–Crippen MR) is 77.5 cm³/mol. The third kappa shape index (κ3) is 3.22. The first-order valence-electron chi connectivity index (χ1n) is 6.53. The van der Waals surface area contributed by atoms with Gasteiger partial charge < -0.3 is 10.3 Å². The quantitative estimate of drug-likeness (QED) is 0.885. The highest BCUT2D eigenvalue weighted by molar-refractivity contribution is 5.93. The summed E-state index contributed by atoms with van der Waals surface area (Å²) in [4.78, 5) is 25.9. The molecule has 0 bridgehead atoms. The Hall–Kier alpha value is -2.10. The number of carbonyl (C=O) groups is 1. The first-order valence-corrected chi connectivity index (χ1v) is 6.53. The van der Waals surface area contributed by atoms with Crippen LogP contribution in [0.2, 0.25) is 0 Å². The molecule has 0 saturated carbocycles. The maximum Gasteiger partial charge on any atom is 0.248 e. The van der Waals surface area contributed by atoms with Crippen molar-refractivity contribution in [3.8, 4) is 0 Å². The Morgan fingerprint density at radius 1 is 1.32 bits per heavy atom. The van der Waals surface area contributed by atoms with Crippen LogP contribution in [0.25, 0.3) is 10.9 Å². The van der Waals surface area contributed by atoms with Crippen LogP contribution in [-0.2, 0) is 4.79 Å². The average molecular weight is 258 g/mol. The molecule has 4 heteroatoms. The van der Waals surface area contributed by atoms with Gasteiger partial charge in [-0.15, -0.1) is 0 Å². The Labute approximate surface area is 111 Å². The maximum absolute atomic E-state index is 11.7. The lowest BCUT2D eigenvalue weighted by molar-refractivity contribution is -0.116. The van der Waals surface area contributed by atoms with Gasteiger partial charge in [0.15, 0.2) is 0 Å². The molecule has 100 valence electrons. The third-order valence-corrected chi connectivity index (χ3v) is 3.09. The van der Waals surface area contributed by atoms with Gasteiger partial charge in [-0.1, -0.05) is 19.4 Å². The predicted octanol–water partition coefficient (Wildman–Crippen LogP) is 2.97. The molecule has 0 aliphatic carbocycles. The van der Waals surface area contributed by atoms with Gasteiger partial charge in [-0.25, -0.2) is 0 Å². The summed E-state index contributed by atoms with van der Waals surface area (Å²) in [5.41, 5.74) is 2.27. The Bertz CT molecular complexity index is 659. The van der Waals surface area contributed by atoms with Crippen molar-refractivity contribution in [3.05, 3.63) is 40.2 Å². The van der Waals surface area contributed by atoms with Gasteiger partial charge in [-0.05, 0) is 31.0 Å². The van der Waals surface area contributed by atoms with E-state index >= 15 is 0 Å². The molecule has 0 saturated heterocycles. The van der Waals surface area contributed by atoms with Gasteiger partial charge in [0.25, 0.3) is 0 Å². The highest BCUT2D eigenvalue weighted by Gasteiger charge is 2.04. The SMILES string of the molecule is CCCCC(=O)Nc1ccc2c(C)cc(=O)[nH]c2c1. The monoisotopic (exact) mass is 258 g/mol. The number of nitrogens with one attached hydrogen (secondary N) is 2. The largest absolute Gasteiger partial charge is 0.326 e. The smallest absolute Gasteiger partial charge is 0.248 e. The third-order valence-electron chi connectivity index (χ3n) is 3.09. The summed E-state index contributed by atoms with van der Waals surface area (Å²) in [5, 5.41) is 3.84. The zero-order valence-corrected chi connectivity index (χ0v) is 11.2. The molecule has 1 aromatic heterocycles. The summed E-state index contributed by atoms with van der Waals surface area (Å²) in [6, 6.07) is 7.14. The molecule has 0 fully saturated rings. The number of anilines is 1. The normalized spacial score (nSPS) is 10.6. The Kier molecular flexibility index (Phi) is 4.00. The van der Waals surface area contributed by atoms with Crippen LogP contribution >= 0.6 is 0 Å². The number of amides is 1. The molecule has 0 aliphatic heterocycles. The molecule has 2 N–H and O–H groups in total. The second-order valence-corrected chi connectivity index (χ2v) is 4.73. The first-order chi connectivity index (χ1) is 9.10. The lowest BCUT2D eigenvalue weighted by Crippen LogP contribution is -2.11. The number of aromatic nitrogens is 1. The van der Waals surface area contributed by atoms with E-state index in [0.29, 0.717) is 6.42 Å². The van der Waals surface area contributed by atoms with Gasteiger partial charge in [0, 0.05) is 23.6 Å². The molecule has 0 unspecified atom stereocenters. The number of aryl methyl sites for hydroxylation is 1. The molecule has 1 heterocycles. The zero-order valence-electron chi connectivity index (χ0n) is 11.2. The minimum atomic E-state index is -0.126. The fourth-order valence-corrected chi connectivity index (χ4v) is 2.07. The molecular weight excluding hydrogens is 240 g/mol. The Balaban J connectivity index is 2.26. The standard InChI is InChI=1S/C15H18N2O2/c1-3-4-5-14(18)16-11-6-7-12-10(2)8-15(19)17-13(12)9-11/h6-9H,3-5H2,1-2H3,(H,16,18)(H,17,19). The molecule has 0 atom stereocenters. The number of H-pyrrole nitrogens is 1. The van der Waals surface area contributed by atoms with Crippen LogP contribution in [-0.4, -0.2) is 10.9 Å². The van der Waals surface area contributed by atoms with Crippen molar-refractivity contribution in [1.82, 2.24) is 4.98 Å². The molecule has 4 nitrogen and oxygen atoms in total. The average Bonchev–Trinajstić information content (AvgIpc) is 2.35. The van der Waals surface area contributed by atoms with Gasteiger partial charge >= 0.3 is 0 Å². The Morgan fingerprint density at radius 3 is 2.84 bits per heavy atom. The van der Waals surface area contributed by atoms with Crippen LogP contribution < -0.4 is 10.9 Å². The number of pyridine rings is 1. The number of hydrogen-bond donors (Lipinski definition) is 2. The number of unbranched alkanes of at least 4 members (excludes halogenated alkanes) is 1. The van der Waals surface area contributed by atoms with E-state index in [1.54, 1.807) is 12.1 Å². The van der Waals surface area contributed by atoms with Crippen molar-refractivity contribution in [2.75, 3.05) is 5.32 Å². The molecule has 0 spiro atoms. The van der Waals surface area contributed by atoms with Crippen molar-refractivity contribution >= 4 is 22.5 Å². The molecule has 2 rings (SSSR count). The summed E-state index contributed by atoms with van der Waals surface area (Å²) < 4.78 is 0. The van der Waals surface area contributed by atoms with Gasteiger partial charge in [-0.3, -0.25) is 9.59 Å². The van der Waals surface area contributed by atoms with E-state index < -0.39 is 0 Å². The second-order valence-electron chi connectivity index (χ2n) is 4.73. The van der Waals surface area contributed by atoms with E-state index in [0.717, 1.165) is 35.0 Å². The van der Waals surface area contributed by atoms with Crippen LogP contribution in [0.5, 0.6) is 0 Å². The van der Waals surface area contributed by atoms with Crippen molar-refractivity contribution < 1.29 is 4.79 Å². The highest BCUT2D eigenvalue weighted by atomic mass is 16.1. The summed E-state index contributed by atoms with van der Waals surface area (Å²) in [5.74, 6) is 0.0104. The van der Waals surface area contributed by atoms with Crippen molar-refractivity contribution in [1.29, 1.82) is 0 Å². The van der Waals surface area contributed by atoms with E-state index in [1.807, 2.05) is 19.1 Å². The fourth-order valence-electron chi connectivity index (χ4n) is 2.07. The number of aromatic amines is 1. The van der Waals surface area contributed by atoms with Gasteiger partial charge in [0.05, 0.1) is 5.52 Å². The molecule has 19 heavy (non-hydrogen) atoms. The van der Waals surface area contributed by atoms with E-state index in [2.05, 4.69) is 17.2 Å². The number of hydrogen-bond acceptors (Lipinski definition) is 2. The van der Waals surface area contributed by atoms with E-state index in [1.165, 1.54) is 0 Å². The van der Waals surface area contributed by atoms with Crippen LogP contribution in [0, 0.1) is 6.92 Å². The lowest BCUT2D eigenvalue weighted by Gasteiger charge is -2.07. The van der Waals surface area contributed by atoms with Gasteiger partial charge in [0.1, 0.15) is 0 Å². The van der Waals surface area contributed by atoms with Crippen LogP contribution in [0.15, 0.2) is 29.1 Å². The summed E-state index contributed by atoms with van der Waals surface area (Å²) in [6.45, 7) is 3.95. The summed E-state index contributed by atoms with van der Waals surface area (Å²) in [6.07, 6.45) is 2.41. The molecule has 2 aromatic rings. The fraction of sp³-hybridized carbons (Fsp3) is 0.333. The van der Waals surface area contributed by atoms with E-state index in [4.69, 9.17) is 0 Å². The maximum atomic E-state index is 11.7. The van der Waals surface area contributed by atoms with E-state index in [9.17, 15) is 9.59 Å². The zero-order chi connectivity index (χ0) is 13.8. The number of benzene rings is 1. The first kappa shape index (κ1) is 13.3. The topological polar surface area (TPSA) is 62.0 Å². The van der Waals surface area contributed by atoms with Gasteiger partial charge in [-0.2, -0.15) is 0 Å². The minimum Gasteiger partial charge on any atom is -0.326 e. The molecule has 0 radical (unpaired) electrons. The number of carbonyl (C=O) groups excluding carboxylic acids is 1. The van der Waals surface area contributed by atoms with Crippen molar-refractivity contribution in [2.45, 2.75) is 33.1 Å². The highest BCUT2D eigenvalue weighted by Crippen LogP contribution is 2.19. The minimum absolute atomic E-state index is 0.0104. The van der Waals surface area contributed by atoms with Gasteiger partial charge in [0.2, 0.25) is 11.5 Å². The van der Waals surface area contributed by atoms with Crippen molar-refractivity contribution in [2.24, 2.45) is 0 Å². The number of rotatable bonds is 4. The molecule has 0 aliphatic rings. The van der Waals surface area contributed by atoms with Crippen LogP contribution in [0.1, 0.15) is 31.7 Å². The molecule has 1 amide bonds. The van der Waals surface area contributed by atoms with E-state index in [-0.39, 0.29) is 11.5 Å². The van der Waals surface area contributed by atoms with Crippen LogP contribution in [0.3, 0.4) is 0 Å². The summed E-state index contributed by atoms with van der Waals surface area (Å²) >= 11 is 0. The molecule has 1 aromatic carbocycles. The van der Waals surface area contributed by atoms with Crippen LogP contribution in [0.4, 0.5) is 5.69 Å². The molecular formula is C15H18N2O2. The second kappa shape index (κ2) is 5.69. The van der Waals surface area contributed by atoms with Crippen molar-refractivity contribution in [3.63, 3.8) is 0 Å². The summed E-state index contributed by atoms with van der Waals surface area (Å²) in [7, 11) is 0. The number of fused-ring (bicyclic) bond motifs is 1.